The molecule has 158 valence electrons. The van der Waals surface area contributed by atoms with Crippen molar-refractivity contribution < 1.29 is 14.4 Å². The topological polar surface area (TPSA) is 78.5 Å². The van der Waals surface area contributed by atoms with Crippen LogP contribution in [0.2, 0.25) is 0 Å². The van der Waals surface area contributed by atoms with Crippen molar-refractivity contribution in [1.29, 1.82) is 0 Å². The van der Waals surface area contributed by atoms with Crippen LogP contribution in [0, 0.1) is 5.92 Å². The Labute approximate surface area is 185 Å². The molecule has 1 aliphatic heterocycles. The van der Waals surface area contributed by atoms with Gasteiger partial charge in [-0.25, -0.2) is 0 Å². The zero-order chi connectivity index (χ0) is 21.3. The second-order valence-electron chi connectivity index (χ2n) is 7.48. The predicted molar refractivity (Wildman–Crippen MR) is 120 cm³/mol. The van der Waals surface area contributed by atoms with Crippen molar-refractivity contribution in [2.75, 3.05) is 25.0 Å². The van der Waals surface area contributed by atoms with E-state index in [-0.39, 0.29) is 5.91 Å². The summed E-state index contributed by atoms with van der Waals surface area (Å²) in [5.41, 5.74) is 1.32. The number of carbonyl (C=O) groups is 3. The fourth-order valence-electron chi connectivity index (χ4n) is 3.58. The minimum atomic E-state index is -0.654. The van der Waals surface area contributed by atoms with Gasteiger partial charge in [0, 0.05) is 35.4 Å². The zero-order valence-corrected chi connectivity index (χ0v) is 18.4. The number of nitrogens with zero attached hydrogens (tertiary/aromatic N) is 1. The Hall–Kier alpha value is -2.67. The van der Waals surface area contributed by atoms with Crippen LogP contribution in [0.25, 0.3) is 0 Å². The second kappa shape index (κ2) is 10.9. The number of amides is 3. The number of anilines is 1. The zero-order valence-electron chi connectivity index (χ0n) is 16.8. The first-order valence-electron chi connectivity index (χ1n) is 10.2. The van der Waals surface area contributed by atoms with Gasteiger partial charge in [-0.15, -0.1) is 0 Å². The number of carbonyl (C=O) groups excluding carboxylic acids is 3. The van der Waals surface area contributed by atoms with Crippen LogP contribution in [0.4, 0.5) is 5.69 Å². The molecule has 0 spiro atoms. The minimum Gasteiger partial charge on any atom is -0.348 e. The lowest BCUT2D eigenvalue weighted by Gasteiger charge is -2.16. The van der Waals surface area contributed by atoms with Gasteiger partial charge in [-0.3, -0.25) is 14.4 Å². The molecule has 1 atom stereocenters. The van der Waals surface area contributed by atoms with Gasteiger partial charge in [0.05, 0.1) is 0 Å². The van der Waals surface area contributed by atoms with Gasteiger partial charge in [0.2, 0.25) is 0 Å². The third-order valence-electron chi connectivity index (χ3n) is 5.23. The lowest BCUT2D eigenvalue weighted by Crippen LogP contribution is -2.35. The summed E-state index contributed by atoms with van der Waals surface area (Å²) in [6.45, 7) is 2.03. The summed E-state index contributed by atoms with van der Waals surface area (Å²) in [5, 5.41) is 5.23. The molecule has 1 unspecified atom stereocenters. The summed E-state index contributed by atoms with van der Waals surface area (Å²) in [6.07, 6.45) is 3.78. The molecule has 30 heavy (non-hydrogen) atoms. The highest BCUT2D eigenvalue weighted by Crippen LogP contribution is 2.23. The van der Waals surface area contributed by atoms with Gasteiger partial charge < -0.3 is 15.5 Å². The van der Waals surface area contributed by atoms with Crippen LogP contribution < -0.4 is 10.6 Å². The van der Waals surface area contributed by atoms with Crippen LogP contribution in [0.1, 0.15) is 36.0 Å². The van der Waals surface area contributed by atoms with Crippen LogP contribution in [0.3, 0.4) is 0 Å². The van der Waals surface area contributed by atoms with Crippen molar-refractivity contribution in [2.24, 2.45) is 5.92 Å². The molecule has 1 aliphatic rings. The molecule has 2 N–H and O–H groups in total. The Kier molecular flexibility index (Phi) is 8.02. The van der Waals surface area contributed by atoms with Crippen LogP contribution in [-0.2, 0) is 9.59 Å². The summed E-state index contributed by atoms with van der Waals surface area (Å²) >= 11 is 3.39. The summed E-state index contributed by atoms with van der Waals surface area (Å²) < 4.78 is 0.961. The standard InChI is InChI=1S/C23H26BrN3O3/c24-19-11-9-18(10-12-19)23(30)27-15-13-17(16-27)6-4-5-14-25-21(28)22(29)26-20-7-2-1-3-8-20/h1-3,7-12,17H,4-6,13-16H2,(H,25,28)(H,26,29). The third-order valence-corrected chi connectivity index (χ3v) is 5.76. The van der Waals surface area contributed by atoms with E-state index in [2.05, 4.69) is 26.6 Å². The largest absolute Gasteiger partial charge is 0.348 e. The van der Waals surface area contributed by atoms with Crippen LogP contribution in [-0.4, -0.2) is 42.3 Å². The first kappa shape index (κ1) is 22.0. The van der Waals surface area contributed by atoms with Crippen molar-refractivity contribution in [3.63, 3.8) is 0 Å². The first-order chi connectivity index (χ1) is 14.5. The van der Waals surface area contributed by atoms with E-state index < -0.39 is 11.8 Å². The molecule has 0 aliphatic carbocycles. The van der Waals surface area contributed by atoms with Gasteiger partial charge in [-0.1, -0.05) is 40.5 Å². The highest BCUT2D eigenvalue weighted by atomic mass is 79.9. The average molecular weight is 472 g/mol. The normalized spacial score (nSPS) is 15.6. The average Bonchev–Trinajstić information content (AvgIpc) is 3.23. The van der Waals surface area contributed by atoms with Crippen LogP contribution in [0.5, 0.6) is 0 Å². The van der Waals surface area contributed by atoms with E-state index in [4.69, 9.17) is 0 Å². The molecule has 3 rings (SSSR count). The van der Waals surface area contributed by atoms with E-state index in [1.165, 1.54) is 0 Å². The van der Waals surface area contributed by atoms with E-state index >= 15 is 0 Å². The number of rotatable bonds is 7. The molecule has 0 saturated carbocycles. The summed E-state index contributed by atoms with van der Waals surface area (Å²) in [5.74, 6) is -0.701. The highest BCUT2D eigenvalue weighted by molar-refractivity contribution is 9.10. The number of halogens is 1. The predicted octanol–water partition coefficient (Wildman–Crippen LogP) is 3.84. The summed E-state index contributed by atoms with van der Waals surface area (Å²) in [4.78, 5) is 38.2. The number of likely N-dealkylation sites (tertiary alicyclic amines) is 1. The molecular formula is C23H26BrN3O3. The summed E-state index contributed by atoms with van der Waals surface area (Å²) in [6, 6.07) is 16.4. The second-order valence-corrected chi connectivity index (χ2v) is 8.40. The molecule has 1 heterocycles. The van der Waals surface area contributed by atoms with Gasteiger partial charge in [-0.2, -0.15) is 0 Å². The number of unbranched alkanes of at least 4 members (excludes halogenated alkanes) is 1. The lowest BCUT2D eigenvalue weighted by molar-refractivity contribution is -0.136. The van der Waals surface area contributed by atoms with Gasteiger partial charge >= 0.3 is 11.8 Å². The van der Waals surface area contributed by atoms with Crippen molar-refractivity contribution in [1.82, 2.24) is 10.2 Å². The highest BCUT2D eigenvalue weighted by Gasteiger charge is 2.26. The minimum absolute atomic E-state index is 0.0849. The molecule has 1 fully saturated rings. The number of para-hydroxylation sites is 1. The Bertz CT molecular complexity index is 871. The maximum absolute atomic E-state index is 12.6. The van der Waals surface area contributed by atoms with Crippen LogP contribution in [0.15, 0.2) is 59.1 Å². The molecule has 6 nitrogen and oxygen atoms in total. The van der Waals surface area contributed by atoms with Crippen LogP contribution >= 0.6 is 15.9 Å². The maximum atomic E-state index is 12.6. The van der Waals surface area contributed by atoms with Crippen molar-refractivity contribution in [3.05, 3.63) is 64.6 Å². The van der Waals surface area contributed by atoms with E-state index in [1.54, 1.807) is 24.3 Å². The monoisotopic (exact) mass is 471 g/mol. The van der Waals surface area contributed by atoms with E-state index in [0.29, 0.717) is 18.2 Å². The fourth-order valence-corrected chi connectivity index (χ4v) is 3.84. The molecular weight excluding hydrogens is 446 g/mol. The smallest absolute Gasteiger partial charge is 0.313 e. The SMILES string of the molecule is O=C(NCCCCC1CCN(C(=O)c2ccc(Br)cc2)C1)C(=O)Nc1ccccc1. The molecule has 0 aromatic heterocycles. The van der Waals surface area contributed by atoms with E-state index in [1.807, 2.05) is 35.2 Å². The molecule has 7 heteroatoms. The Balaban J connectivity index is 1.30. The van der Waals surface area contributed by atoms with Gasteiger partial charge in [0.15, 0.2) is 0 Å². The summed E-state index contributed by atoms with van der Waals surface area (Å²) in [7, 11) is 0. The number of nitrogens with one attached hydrogen (secondary N) is 2. The Morgan fingerprint density at radius 1 is 0.967 bits per heavy atom. The molecule has 2 aromatic rings. The van der Waals surface area contributed by atoms with E-state index in [0.717, 1.165) is 48.8 Å². The third kappa shape index (κ3) is 6.42. The van der Waals surface area contributed by atoms with E-state index in [9.17, 15) is 14.4 Å². The molecule has 0 radical (unpaired) electrons. The van der Waals surface area contributed by atoms with Gasteiger partial charge in [0.1, 0.15) is 0 Å². The van der Waals surface area contributed by atoms with Crippen molar-refractivity contribution in [2.45, 2.75) is 25.7 Å². The molecule has 2 aromatic carbocycles. The number of hydrogen-bond donors (Lipinski definition) is 2. The maximum Gasteiger partial charge on any atom is 0.313 e. The molecule has 0 bridgehead atoms. The Morgan fingerprint density at radius 2 is 1.70 bits per heavy atom. The van der Waals surface area contributed by atoms with Crippen molar-refractivity contribution in [3.8, 4) is 0 Å². The lowest BCUT2D eigenvalue weighted by atomic mass is 10.0. The fraction of sp³-hybridized carbons (Fsp3) is 0.348. The number of benzene rings is 2. The Morgan fingerprint density at radius 3 is 2.43 bits per heavy atom. The molecule has 1 saturated heterocycles. The first-order valence-corrected chi connectivity index (χ1v) is 11.0. The van der Waals surface area contributed by atoms with Gasteiger partial charge in [0.25, 0.3) is 5.91 Å². The van der Waals surface area contributed by atoms with Crippen molar-refractivity contribution >= 4 is 39.3 Å². The quantitative estimate of drug-likeness (QED) is 0.475. The van der Waals surface area contributed by atoms with Gasteiger partial charge in [-0.05, 0) is 61.6 Å². The number of hydrogen-bond acceptors (Lipinski definition) is 3. The molecule has 3 amide bonds.